The summed E-state index contributed by atoms with van der Waals surface area (Å²) in [5.41, 5.74) is 18.0. The van der Waals surface area contributed by atoms with Crippen molar-refractivity contribution in [2.75, 3.05) is 65.2 Å². The molecule has 11 N–H and O–H groups in total. The Bertz CT molecular complexity index is 2880. The molecular formula is C38H47Ac4N15O13-2. The number of rotatable bonds is 6. The number of nitrogens with two attached hydrogens (primary N) is 1. The SMILES string of the molecule is C[C@@H]1C2COC[C@]1(CO)O[C@H]2n1cnc2c(=O)[nH]c([NH-])nc21.C[C@@H]1C2COC[C@]1(CO)O[C@H]2n1cnc2nc([NH-])[nH]c(=O)c21.Nc1nc2c(ncn2[C@@H]2O[C@@]3(CO)COCC2[C@H]3O)c(=O)[nH]1.[Ac].[Ac].[Ac].[Ac]. The van der Waals surface area contributed by atoms with Crippen LogP contribution in [0.2, 0.25) is 0 Å². The van der Waals surface area contributed by atoms with Crippen LogP contribution in [-0.2, 0) is 28.4 Å². The molecule has 6 aliphatic rings. The van der Waals surface area contributed by atoms with E-state index in [1.54, 1.807) is 13.7 Å². The molecule has 0 spiro atoms. The van der Waals surface area contributed by atoms with Crippen LogP contribution in [0.4, 0.5) is 17.8 Å². The molecule has 6 aliphatic heterocycles. The van der Waals surface area contributed by atoms with Crippen LogP contribution in [0.15, 0.2) is 33.4 Å². The van der Waals surface area contributed by atoms with E-state index in [0.717, 1.165) is 0 Å². The van der Waals surface area contributed by atoms with E-state index in [-0.39, 0.29) is 279 Å². The number of ether oxygens (including phenoxy) is 6. The van der Waals surface area contributed by atoms with Gasteiger partial charge in [-0.1, -0.05) is 13.8 Å². The molecular weight excluding hydrogens is 1780 g/mol. The first-order valence-corrected chi connectivity index (χ1v) is 21.0. The molecule has 4 radical (unpaired) electrons. The Balaban J connectivity index is 0.000000167. The van der Waals surface area contributed by atoms with Gasteiger partial charge in [0.2, 0.25) is 17.1 Å². The van der Waals surface area contributed by atoms with Gasteiger partial charge in [-0.15, -0.1) is 0 Å². The predicted molar refractivity (Wildman–Crippen MR) is 224 cm³/mol. The number of aliphatic hydroxyl groups excluding tert-OH is 4. The molecule has 12 rings (SSSR count). The Kier molecular flexibility index (Phi) is 19.6. The molecule has 0 amide bonds. The smallest absolute Gasteiger partial charge is 0.280 e. The minimum absolute atomic E-state index is 0. The molecule has 0 aromatic carbocycles. The topological polar surface area (TPSA) is 401 Å². The number of nitrogens with zero attached hydrogens (tertiary/aromatic N) is 9. The Labute approximate surface area is 538 Å². The van der Waals surface area contributed by atoms with Gasteiger partial charge in [0.1, 0.15) is 52.2 Å². The van der Waals surface area contributed by atoms with Gasteiger partial charge >= 0.3 is 0 Å². The number of aromatic nitrogens is 12. The largest absolute Gasteiger partial charge is 0.411 e. The van der Waals surface area contributed by atoms with Crippen LogP contribution in [-0.4, -0.2) is 161 Å². The third kappa shape index (κ3) is 10.0. The number of hydrogen-bond donors (Lipinski definition) is 8. The third-order valence-corrected chi connectivity index (χ3v) is 14.0. The van der Waals surface area contributed by atoms with Crippen LogP contribution in [0, 0.1) is 206 Å². The number of hydrogen-bond acceptors (Lipinski definition) is 20. The summed E-state index contributed by atoms with van der Waals surface area (Å²) in [5.74, 6) is -0.655. The standard InChI is InChI=1S/2C13H17N5O4.C12H15N5O5.4Ac/c1-6-7-2-21-4-13(6,3-19)22-11(7)18-5-15-9-8(18)10(20)17-12(14)16-9;1-6-7-2-21-4-13(6,3-19)22-11(7)18-5-15-8-9(18)16-12(14)17-10(8)20;13-11-15-8-6(9(20)16-11)14-4-17(8)10-5-1-21-3-12(2-18,22-10)7(5)19;;;;/h2*5-7,11,19H,2-4H2,1H3,(H3,14,16,17,20);4-5,7,10,18-19H,1-3H2,(H3,13,15,16,20);;;;/p-2/t2*6-,7?,11-,13+;5?,7-,10-,12+;;;;/m111..../s1. The van der Waals surface area contributed by atoms with Crippen molar-refractivity contribution >= 4 is 51.3 Å². The number of nitrogens with one attached hydrogen (secondary N) is 5. The van der Waals surface area contributed by atoms with E-state index in [1.165, 1.54) is 19.0 Å². The van der Waals surface area contributed by atoms with Gasteiger partial charge < -0.3 is 90.6 Å². The molecule has 70 heavy (non-hydrogen) atoms. The summed E-state index contributed by atoms with van der Waals surface area (Å²) in [7, 11) is 0. The molecule has 6 bridgehead atoms. The summed E-state index contributed by atoms with van der Waals surface area (Å²) in [6.45, 7) is 5.43. The van der Waals surface area contributed by atoms with Gasteiger partial charge in [-0.05, 0) is 11.8 Å². The van der Waals surface area contributed by atoms with E-state index < -0.39 is 64.2 Å². The number of aromatic amines is 3. The zero-order chi connectivity index (χ0) is 46.4. The number of nitrogen functional groups attached to an aromatic ring is 1. The van der Waals surface area contributed by atoms with Crippen LogP contribution in [0.3, 0.4) is 0 Å². The van der Waals surface area contributed by atoms with Gasteiger partial charge in [0.05, 0.1) is 96.1 Å². The maximum atomic E-state index is 12.1. The second-order valence-corrected chi connectivity index (χ2v) is 17.5. The van der Waals surface area contributed by atoms with E-state index in [4.69, 9.17) is 45.6 Å². The fourth-order valence-corrected chi connectivity index (χ4v) is 10.1. The number of H-pyrrole nitrogens is 3. The summed E-state index contributed by atoms with van der Waals surface area (Å²) >= 11 is 0. The average molecular weight is 1830 g/mol. The van der Waals surface area contributed by atoms with Crippen molar-refractivity contribution < 1.29 is 225 Å². The van der Waals surface area contributed by atoms with Gasteiger partial charge in [-0.2, -0.15) is 4.98 Å². The fourth-order valence-electron chi connectivity index (χ4n) is 10.1. The fraction of sp³-hybridized carbons (Fsp3) is 0.605. The maximum absolute atomic E-state index is 12.1. The van der Waals surface area contributed by atoms with Crippen molar-refractivity contribution in [2.45, 2.75) is 55.4 Å². The first kappa shape index (κ1) is 59.1. The van der Waals surface area contributed by atoms with E-state index >= 15 is 0 Å². The van der Waals surface area contributed by atoms with Crippen LogP contribution in [0.25, 0.3) is 45.0 Å². The summed E-state index contributed by atoms with van der Waals surface area (Å²) in [5, 5.41) is 39.4. The molecule has 6 aromatic rings. The number of anilines is 1. The molecule has 6 fully saturated rings. The number of aliphatic hydroxyl groups is 4. The van der Waals surface area contributed by atoms with Crippen LogP contribution in [0.5, 0.6) is 0 Å². The monoisotopic (exact) mass is 1830 g/mol. The van der Waals surface area contributed by atoms with Gasteiger partial charge in [-0.3, -0.25) is 28.5 Å². The molecule has 12 atom stereocenters. The average Bonchev–Trinajstić information content (AvgIpc) is 4.09. The Morgan fingerprint density at radius 2 is 1.06 bits per heavy atom. The number of imidazole rings is 3. The third-order valence-electron chi connectivity index (χ3n) is 14.0. The molecule has 28 nitrogen and oxygen atoms in total. The Hall–Kier alpha value is -0.184. The van der Waals surface area contributed by atoms with Crippen LogP contribution < -0.4 is 22.4 Å². The van der Waals surface area contributed by atoms with Gasteiger partial charge in [0.15, 0.2) is 11.2 Å². The second-order valence-electron chi connectivity index (χ2n) is 17.5. The van der Waals surface area contributed by atoms with Crippen molar-refractivity contribution in [1.82, 2.24) is 58.6 Å². The molecule has 6 aromatic heterocycles. The van der Waals surface area contributed by atoms with Crippen molar-refractivity contribution in [3.63, 3.8) is 0 Å². The van der Waals surface area contributed by atoms with Crippen molar-refractivity contribution in [3.8, 4) is 0 Å². The Morgan fingerprint density at radius 1 is 0.629 bits per heavy atom. The van der Waals surface area contributed by atoms with Gasteiger partial charge in [0, 0.05) is 200 Å². The summed E-state index contributed by atoms with van der Waals surface area (Å²) in [6, 6.07) is 0. The molecule has 366 valence electrons. The molecule has 0 saturated carbocycles. The van der Waals surface area contributed by atoms with E-state index in [0.29, 0.717) is 32.1 Å². The quantitative estimate of drug-likeness (QED) is 0.0957. The molecule has 6 saturated heterocycles. The maximum Gasteiger partial charge on any atom is 0.280 e. The molecule has 12 heterocycles. The van der Waals surface area contributed by atoms with Gasteiger partial charge in [-0.25, -0.2) is 15.0 Å². The second kappa shape index (κ2) is 23.2. The van der Waals surface area contributed by atoms with Crippen molar-refractivity contribution in [1.29, 1.82) is 0 Å². The zero-order valence-corrected chi connectivity index (χ0v) is 56.6. The predicted octanol–water partition coefficient (Wildman–Crippen LogP) is -1.34. The van der Waals surface area contributed by atoms with E-state index in [9.17, 15) is 34.8 Å². The summed E-state index contributed by atoms with van der Waals surface area (Å²) in [6.07, 6.45) is 1.99. The zero-order valence-electron chi connectivity index (χ0n) is 37.7. The van der Waals surface area contributed by atoms with Gasteiger partial charge in [0.25, 0.3) is 5.56 Å². The summed E-state index contributed by atoms with van der Waals surface area (Å²) in [4.78, 5) is 67.1. The Morgan fingerprint density at radius 3 is 1.59 bits per heavy atom. The molecule has 32 heteroatoms. The van der Waals surface area contributed by atoms with Crippen LogP contribution in [0.1, 0.15) is 32.5 Å². The minimum Gasteiger partial charge on any atom is -0.411 e. The first-order chi connectivity index (χ1) is 31.7. The van der Waals surface area contributed by atoms with E-state index in [2.05, 4.69) is 44.9 Å². The normalized spacial score (nSPS) is 32.4. The minimum atomic E-state index is -1.17. The van der Waals surface area contributed by atoms with Crippen molar-refractivity contribution in [3.05, 3.63) is 61.5 Å². The summed E-state index contributed by atoms with van der Waals surface area (Å²) < 4.78 is 39.4. The van der Waals surface area contributed by atoms with E-state index in [1.807, 2.05) is 13.8 Å². The molecule has 3 unspecified atom stereocenters. The molecule has 0 aliphatic carbocycles. The number of fused-ring (bicyclic) bond motifs is 9. The van der Waals surface area contributed by atoms with Crippen molar-refractivity contribution in [2.24, 2.45) is 29.6 Å². The first-order valence-electron chi connectivity index (χ1n) is 21.0. The van der Waals surface area contributed by atoms with Crippen LogP contribution >= 0.6 is 0 Å².